The van der Waals surface area contributed by atoms with E-state index in [0.29, 0.717) is 12.2 Å². The van der Waals surface area contributed by atoms with Gasteiger partial charge in [0.1, 0.15) is 5.82 Å². The van der Waals surface area contributed by atoms with E-state index in [-0.39, 0.29) is 12.4 Å². The van der Waals surface area contributed by atoms with E-state index in [1.807, 2.05) is 19.3 Å². The number of carbonyl (C=O) groups is 1. The highest BCUT2D eigenvalue weighted by Gasteiger charge is 2.29. The fourth-order valence-corrected chi connectivity index (χ4v) is 4.54. The Kier molecular flexibility index (Phi) is 3.95. The molecular formula is C20H22ClN3O. The van der Waals surface area contributed by atoms with Crippen molar-refractivity contribution in [3.05, 3.63) is 52.7 Å². The zero-order chi connectivity index (χ0) is 16.3. The summed E-state index contributed by atoms with van der Waals surface area (Å²) in [5.41, 5.74) is 6.30. The average Bonchev–Trinajstić information content (AvgIpc) is 3.15. The molecule has 0 saturated heterocycles. The van der Waals surface area contributed by atoms with Crippen LogP contribution >= 0.6 is 12.4 Å². The van der Waals surface area contributed by atoms with E-state index in [0.717, 1.165) is 43.7 Å². The van der Waals surface area contributed by atoms with Gasteiger partial charge in [-0.25, -0.2) is 4.98 Å². The molecule has 130 valence electrons. The number of imidazole rings is 1. The van der Waals surface area contributed by atoms with Crippen LogP contribution in [0.3, 0.4) is 0 Å². The molecule has 2 aromatic heterocycles. The van der Waals surface area contributed by atoms with Gasteiger partial charge in [-0.2, -0.15) is 0 Å². The number of fused-ring (bicyclic) bond motifs is 3. The molecule has 25 heavy (non-hydrogen) atoms. The van der Waals surface area contributed by atoms with Gasteiger partial charge in [-0.15, -0.1) is 12.4 Å². The minimum atomic E-state index is 0. The SMILES string of the molecule is Cc1nccn1Cc1ccc2c3c1c1c(n3CCC2)CCCC1=O.Cl. The van der Waals surface area contributed by atoms with Crippen LogP contribution in [0.4, 0.5) is 0 Å². The zero-order valence-electron chi connectivity index (χ0n) is 14.4. The second-order valence-corrected chi connectivity index (χ2v) is 7.06. The molecule has 3 heterocycles. The number of aryl methyl sites for hydroxylation is 3. The van der Waals surface area contributed by atoms with Gasteiger partial charge in [0.2, 0.25) is 0 Å². The minimum Gasteiger partial charge on any atom is -0.344 e. The molecule has 0 saturated carbocycles. The average molecular weight is 356 g/mol. The number of carbonyl (C=O) groups excluding carboxylic acids is 1. The summed E-state index contributed by atoms with van der Waals surface area (Å²) in [5.74, 6) is 1.35. The molecule has 1 aliphatic carbocycles. The maximum absolute atomic E-state index is 12.7. The Morgan fingerprint density at radius 2 is 2.04 bits per heavy atom. The predicted molar refractivity (Wildman–Crippen MR) is 101 cm³/mol. The number of hydrogen-bond donors (Lipinski definition) is 0. The van der Waals surface area contributed by atoms with Gasteiger partial charge in [-0.3, -0.25) is 4.79 Å². The monoisotopic (exact) mass is 355 g/mol. The van der Waals surface area contributed by atoms with Gasteiger partial charge >= 0.3 is 0 Å². The van der Waals surface area contributed by atoms with Crippen molar-refractivity contribution in [2.45, 2.75) is 52.1 Å². The predicted octanol–water partition coefficient (Wildman–Crippen LogP) is 4.08. The number of ketones is 1. The quantitative estimate of drug-likeness (QED) is 0.694. The van der Waals surface area contributed by atoms with Crippen LogP contribution in [0.2, 0.25) is 0 Å². The van der Waals surface area contributed by atoms with Crippen molar-refractivity contribution < 1.29 is 4.79 Å². The molecular weight excluding hydrogens is 334 g/mol. The molecule has 4 nitrogen and oxygen atoms in total. The lowest BCUT2D eigenvalue weighted by atomic mass is 9.91. The molecule has 0 amide bonds. The largest absolute Gasteiger partial charge is 0.344 e. The van der Waals surface area contributed by atoms with Crippen molar-refractivity contribution in [2.24, 2.45) is 0 Å². The highest BCUT2D eigenvalue weighted by atomic mass is 35.5. The maximum atomic E-state index is 12.7. The first-order valence-corrected chi connectivity index (χ1v) is 8.91. The normalized spacial score (nSPS) is 16.0. The number of benzene rings is 1. The molecule has 0 bridgehead atoms. The van der Waals surface area contributed by atoms with E-state index in [1.165, 1.54) is 34.1 Å². The van der Waals surface area contributed by atoms with Gasteiger partial charge in [0.15, 0.2) is 5.78 Å². The van der Waals surface area contributed by atoms with Crippen molar-refractivity contribution in [3.63, 3.8) is 0 Å². The van der Waals surface area contributed by atoms with Crippen LogP contribution in [0.25, 0.3) is 10.9 Å². The molecule has 0 unspecified atom stereocenters. The molecule has 2 aliphatic rings. The van der Waals surface area contributed by atoms with Crippen LogP contribution in [0.1, 0.15) is 52.3 Å². The molecule has 3 aromatic rings. The Bertz CT molecular complexity index is 983. The summed E-state index contributed by atoms with van der Waals surface area (Å²) < 4.78 is 4.61. The Hall–Kier alpha value is -2.07. The molecule has 5 rings (SSSR count). The standard InChI is InChI=1S/C20H21N3O.ClH/c1-13-21-9-11-22(13)12-15-8-7-14-4-3-10-23-16-5-2-6-17(24)19(16)18(15)20(14)23;/h7-9,11H,2-6,10,12H2,1H3;1H. The number of nitrogens with zero attached hydrogens (tertiary/aromatic N) is 3. The summed E-state index contributed by atoms with van der Waals surface area (Å²) in [6, 6.07) is 4.50. The highest BCUT2D eigenvalue weighted by molar-refractivity contribution is 6.12. The van der Waals surface area contributed by atoms with E-state index >= 15 is 0 Å². The molecule has 0 radical (unpaired) electrons. The van der Waals surface area contributed by atoms with Gasteiger partial charge in [-0.1, -0.05) is 12.1 Å². The summed E-state index contributed by atoms with van der Waals surface area (Å²) in [7, 11) is 0. The van der Waals surface area contributed by atoms with Crippen LogP contribution in [-0.2, 0) is 25.9 Å². The van der Waals surface area contributed by atoms with E-state index in [2.05, 4.69) is 26.3 Å². The Balaban J connectivity index is 0.00000157. The summed E-state index contributed by atoms with van der Waals surface area (Å²) >= 11 is 0. The first-order chi connectivity index (χ1) is 11.7. The van der Waals surface area contributed by atoms with Crippen LogP contribution in [0, 0.1) is 6.92 Å². The van der Waals surface area contributed by atoms with E-state index in [1.54, 1.807) is 0 Å². The van der Waals surface area contributed by atoms with Crippen LogP contribution in [-0.4, -0.2) is 19.9 Å². The molecule has 0 N–H and O–H groups in total. The van der Waals surface area contributed by atoms with Gasteiger partial charge < -0.3 is 9.13 Å². The topological polar surface area (TPSA) is 39.8 Å². The number of aromatic nitrogens is 3. The van der Waals surface area contributed by atoms with Crippen molar-refractivity contribution in [1.82, 2.24) is 14.1 Å². The molecule has 1 aliphatic heterocycles. The Morgan fingerprint density at radius 1 is 1.16 bits per heavy atom. The number of Topliss-reactive ketones (excluding diaryl/α,β-unsaturated/α-hetero) is 1. The van der Waals surface area contributed by atoms with Gasteiger partial charge in [0.25, 0.3) is 0 Å². The van der Waals surface area contributed by atoms with E-state index < -0.39 is 0 Å². The smallest absolute Gasteiger partial charge is 0.165 e. The van der Waals surface area contributed by atoms with Crippen LogP contribution in [0.15, 0.2) is 24.5 Å². The van der Waals surface area contributed by atoms with Gasteiger partial charge in [0.05, 0.1) is 5.52 Å². The third-order valence-corrected chi connectivity index (χ3v) is 5.67. The molecule has 0 atom stereocenters. The van der Waals surface area contributed by atoms with Crippen molar-refractivity contribution in [1.29, 1.82) is 0 Å². The first-order valence-electron chi connectivity index (χ1n) is 8.91. The van der Waals surface area contributed by atoms with Gasteiger partial charge in [0, 0.05) is 48.5 Å². The number of halogens is 1. The molecule has 0 spiro atoms. The van der Waals surface area contributed by atoms with Crippen molar-refractivity contribution in [2.75, 3.05) is 0 Å². The molecule has 5 heteroatoms. The second-order valence-electron chi connectivity index (χ2n) is 7.06. The third kappa shape index (κ3) is 2.35. The second kappa shape index (κ2) is 6.03. The Labute approximate surface area is 153 Å². The van der Waals surface area contributed by atoms with Crippen LogP contribution in [0.5, 0.6) is 0 Å². The number of rotatable bonds is 2. The van der Waals surface area contributed by atoms with Crippen molar-refractivity contribution in [3.8, 4) is 0 Å². The van der Waals surface area contributed by atoms with E-state index in [4.69, 9.17) is 0 Å². The zero-order valence-corrected chi connectivity index (χ0v) is 15.2. The Morgan fingerprint density at radius 3 is 2.84 bits per heavy atom. The summed E-state index contributed by atoms with van der Waals surface area (Å²) in [6.45, 7) is 3.87. The maximum Gasteiger partial charge on any atom is 0.165 e. The lowest BCUT2D eigenvalue weighted by Crippen LogP contribution is -2.15. The van der Waals surface area contributed by atoms with Gasteiger partial charge in [-0.05, 0) is 43.7 Å². The lowest BCUT2D eigenvalue weighted by molar-refractivity contribution is 0.0973. The lowest BCUT2D eigenvalue weighted by Gasteiger charge is -2.19. The number of hydrogen-bond acceptors (Lipinski definition) is 2. The van der Waals surface area contributed by atoms with Crippen LogP contribution < -0.4 is 0 Å². The third-order valence-electron chi connectivity index (χ3n) is 5.67. The first kappa shape index (κ1) is 16.4. The highest BCUT2D eigenvalue weighted by Crippen LogP contribution is 2.38. The summed E-state index contributed by atoms with van der Waals surface area (Å²) in [5, 5.41) is 1.22. The summed E-state index contributed by atoms with van der Waals surface area (Å²) in [6.07, 6.45) is 8.89. The summed E-state index contributed by atoms with van der Waals surface area (Å²) in [4.78, 5) is 17.1. The molecule has 0 fully saturated rings. The fourth-order valence-electron chi connectivity index (χ4n) is 4.54. The fraction of sp³-hybridized carbons (Fsp3) is 0.400. The van der Waals surface area contributed by atoms with E-state index in [9.17, 15) is 4.79 Å². The van der Waals surface area contributed by atoms with Crippen molar-refractivity contribution >= 4 is 29.1 Å². The minimum absolute atomic E-state index is 0. The molecule has 1 aromatic carbocycles.